The lowest BCUT2D eigenvalue weighted by Crippen LogP contribution is -2.53. The summed E-state index contributed by atoms with van der Waals surface area (Å²) >= 11 is 12.8. The Hall–Kier alpha value is -2.29. The normalized spacial score (nSPS) is 15.2. The summed E-state index contributed by atoms with van der Waals surface area (Å²) in [6, 6.07) is 9.65. The second-order valence-electron chi connectivity index (χ2n) is 9.75. The molecular formula is C27H35Cl2N3O4S. The summed E-state index contributed by atoms with van der Waals surface area (Å²) in [6.45, 7) is 4.73. The lowest BCUT2D eigenvalue weighted by atomic mass is 9.95. The van der Waals surface area contributed by atoms with Gasteiger partial charge in [-0.15, -0.1) is 0 Å². The molecule has 0 aromatic heterocycles. The van der Waals surface area contributed by atoms with Crippen LogP contribution in [-0.2, 0) is 26.2 Å². The second-order valence-corrected chi connectivity index (χ2v) is 12.5. The molecule has 3 rings (SSSR count). The zero-order valence-corrected chi connectivity index (χ0v) is 24.1. The van der Waals surface area contributed by atoms with Crippen molar-refractivity contribution in [1.29, 1.82) is 0 Å². The Labute approximate surface area is 230 Å². The predicted octanol–water partition coefficient (Wildman–Crippen LogP) is 5.24. The van der Waals surface area contributed by atoms with Crippen molar-refractivity contribution in [3.63, 3.8) is 0 Å². The Balaban J connectivity index is 1.96. The zero-order chi connectivity index (χ0) is 27.3. The van der Waals surface area contributed by atoms with Crippen LogP contribution in [0.5, 0.6) is 0 Å². The number of carbonyl (C=O) groups is 2. The van der Waals surface area contributed by atoms with Gasteiger partial charge in [-0.3, -0.25) is 13.9 Å². The summed E-state index contributed by atoms with van der Waals surface area (Å²) < 4.78 is 26.8. The van der Waals surface area contributed by atoms with E-state index in [1.54, 1.807) is 51.1 Å². The molecule has 0 unspecified atom stereocenters. The number of aryl methyl sites for hydroxylation is 2. The molecule has 2 amide bonds. The van der Waals surface area contributed by atoms with Crippen LogP contribution in [0, 0.1) is 13.8 Å². The average Bonchev–Trinajstić information content (AvgIpc) is 2.82. The molecule has 1 N–H and O–H groups in total. The largest absolute Gasteiger partial charge is 0.352 e. The minimum Gasteiger partial charge on any atom is -0.352 e. The fourth-order valence-corrected chi connectivity index (χ4v) is 6.26. The molecule has 2 aromatic carbocycles. The summed E-state index contributed by atoms with van der Waals surface area (Å²) in [5.41, 5.74) is 2.40. The number of amides is 2. The van der Waals surface area contributed by atoms with Crippen molar-refractivity contribution in [1.82, 2.24) is 10.2 Å². The van der Waals surface area contributed by atoms with Gasteiger partial charge in [0.05, 0.1) is 11.9 Å². The number of nitrogens with one attached hydrogen (secondary N) is 1. The molecule has 0 heterocycles. The van der Waals surface area contributed by atoms with Gasteiger partial charge < -0.3 is 10.2 Å². The Bertz CT molecular complexity index is 1210. The molecule has 0 radical (unpaired) electrons. The van der Waals surface area contributed by atoms with E-state index in [4.69, 9.17) is 23.2 Å². The van der Waals surface area contributed by atoms with E-state index in [0.29, 0.717) is 21.3 Å². The van der Waals surface area contributed by atoms with Crippen LogP contribution in [0.1, 0.15) is 55.7 Å². The van der Waals surface area contributed by atoms with Crippen LogP contribution in [-0.4, -0.2) is 50.0 Å². The van der Waals surface area contributed by atoms with Crippen LogP contribution in [0.3, 0.4) is 0 Å². The van der Waals surface area contributed by atoms with Crippen LogP contribution in [0.4, 0.5) is 5.69 Å². The summed E-state index contributed by atoms with van der Waals surface area (Å²) in [4.78, 5) is 28.4. The van der Waals surface area contributed by atoms with Crippen LogP contribution in [0.2, 0.25) is 10.0 Å². The van der Waals surface area contributed by atoms with E-state index in [1.807, 2.05) is 6.07 Å². The van der Waals surface area contributed by atoms with E-state index in [9.17, 15) is 18.0 Å². The highest BCUT2D eigenvalue weighted by molar-refractivity contribution is 7.92. The van der Waals surface area contributed by atoms with Gasteiger partial charge in [0.1, 0.15) is 12.6 Å². The number of halogens is 2. The van der Waals surface area contributed by atoms with Gasteiger partial charge in [0.2, 0.25) is 21.8 Å². The maximum absolute atomic E-state index is 13.8. The van der Waals surface area contributed by atoms with Crippen molar-refractivity contribution < 1.29 is 18.0 Å². The van der Waals surface area contributed by atoms with Gasteiger partial charge in [0, 0.05) is 28.2 Å². The van der Waals surface area contributed by atoms with Crippen molar-refractivity contribution >= 4 is 50.7 Å². The second kappa shape index (κ2) is 12.5. The smallest absolute Gasteiger partial charge is 0.244 e. The maximum atomic E-state index is 13.8. The van der Waals surface area contributed by atoms with Crippen molar-refractivity contribution in [3.8, 4) is 0 Å². The van der Waals surface area contributed by atoms with Gasteiger partial charge >= 0.3 is 0 Å². The van der Waals surface area contributed by atoms with E-state index >= 15 is 0 Å². The minimum atomic E-state index is -3.82. The fourth-order valence-electron chi connectivity index (χ4n) is 4.78. The average molecular weight is 569 g/mol. The first kappa shape index (κ1) is 29.3. The van der Waals surface area contributed by atoms with Gasteiger partial charge in [0.25, 0.3) is 0 Å². The molecule has 10 heteroatoms. The number of carbonyl (C=O) groups excluding carboxylic acids is 2. The molecular weight excluding hydrogens is 533 g/mol. The van der Waals surface area contributed by atoms with E-state index in [2.05, 4.69) is 5.32 Å². The third kappa shape index (κ3) is 7.39. The molecule has 0 bridgehead atoms. The summed E-state index contributed by atoms with van der Waals surface area (Å²) in [7, 11) is -3.82. The third-order valence-corrected chi connectivity index (χ3v) is 8.70. The Morgan fingerprint density at radius 3 is 2.08 bits per heavy atom. The third-order valence-electron chi connectivity index (χ3n) is 6.88. The molecule has 1 atom stereocenters. The van der Waals surface area contributed by atoms with Gasteiger partial charge in [-0.25, -0.2) is 8.42 Å². The Kier molecular flexibility index (Phi) is 9.89. The van der Waals surface area contributed by atoms with E-state index in [0.717, 1.165) is 53.8 Å². The van der Waals surface area contributed by atoms with Crippen molar-refractivity contribution in [2.24, 2.45) is 0 Å². The SMILES string of the molecule is Cc1cccc(C)c1N(CC(=O)N(Cc1c(Cl)cccc1Cl)[C@H](C)C(=O)NC1CCCCC1)S(C)(=O)=O. The zero-order valence-electron chi connectivity index (χ0n) is 21.8. The highest BCUT2D eigenvalue weighted by atomic mass is 35.5. The van der Waals surface area contributed by atoms with Gasteiger partial charge in [-0.2, -0.15) is 0 Å². The van der Waals surface area contributed by atoms with E-state index in [-0.39, 0.29) is 18.5 Å². The quantitative estimate of drug-likeness (QED) is 0.448. The summed E-state index contributed by atoms with van der Waals surface area (Å²) in [6.07, 6.45) is 6.12. The van der Waals surface area contributed by atoms with Crippen molar-refractivity contribution in [3.05, 3.63) is 63.1 Å². The number of nitrogens with zero attached hydrogens (tertiary/aromatic N) is 2. The lowest BCUT2D eigenvalue weighted by Gasteiger charge is -2.33. The van der Waals surface area contributed by atoms with Crippen LogP contribution < -0.4 is 9.62 Å². The molecule has 0 aliphatic heterocycles. The first-order chi connectivity index (χ1) is 17.4. The molecule has 2 aromatic rings. The Morgan fingerprint density at radius 2 is 1.54 bits per heavy atom. The van der Waals surface area contributed by atoms with Gasteiger partial charge in [0.15, 0.2) is 0 Å². The number of hydrogen-bond donors (Lipinski definition) is 1. The van der Waals surface area contributed by atoms with Crippen LogP contribution >= 0.6 is 23.2 Å². The number of benzene rings is 2. The number of rotatable bonds is 9. The van der Waals surface area contributed by atoms with Crippen LogP contribution in [0.15, 0.2) is 36.4 Å². The predicted molar refractivity (Wildman–Crippen MR) is 150 cm³/mol. The Morgan fingerprint density at radius 1 is 1.00 bits per heavy atom. The highest BCUT2D eigenvalue weighted by Crippen LogP contribution is 2.29. The summed E-state index contributed by atoms with van der Waals surface area (Å²) in [5, 5.41) is 3.79. The topological polar surface area (TPSA) is 86.8 Å². The molecule has 0 spiro atoms. The maximum Gasteiger partial charge on any atom is 0.244 e. The van der Waals surface area contributed by atoms with Crippen LogP contribution in [0.25, 0.3) is 0 Å². The molecule has 1 fully saturated rings. The number of sulfonamides is 1. The minimum absolute atomic E-state index is 0.0407. The first-order valence-electron chi connectivity index (χ1n) is 12.5. The number of hydrogen-bond acceptors (Lipinski definition) is 4. The molecule has 0 saturated heterocycles. The van der Waals surface area contributed by atoms with Gasteiger partial charge in [-0.05, 0) is 56.9 Å². The molecule has 1 aliphatic rings. The number of anilines is 1. The standard InChI is InChI=1S/C27H35Cl2N3O4S/c1-18-10-8-11-19(2)26(18)32(37(4,35)36)17-25(33)31(16-22-23(28)14-9-15-24(22)29)20(3)27(34)30-21-12-6-5-7-13-21/h8-11,14-15,20-21H,5-7,12-13,16-17H2,1-4H3,(H,30,34)/t20-/m1/s1. The van der Waals surface area contributed by atoms with E-state index in [1.165, 1.54) is 4.90 Å². The highest BCUT2D eigenvalue weighted by Gasteiger charge is 2.32. The lowest BCUT2D eigenvalue weighted by molar-refractivity contribution is -0.139. The first-order valence-corrected chi connectivity index (χ1v) is 15.1. The fraction of sp³-hybridized carbons (Fsp3) is 0.481. The van der Waals surface area contributed by atoms with Crippen molar-refractivity contribution in [2.75, 3.05) is 17.1 Å². The monoisotopic (exact) mass is 567 g/mol. The molecule has 37 heavy (non-hydrogen) atoms. The molecule has 202 valence electrons. The molecule has 7 nitrogen and oxygen atoms in total. The van der Waals surface area contributed by atoms with E-state index < -0.39 is 28.5 Å². The number of para-hydroxylation sites is 1. The van der Waals surface area contributed by atoms with Gasteiger partial charge in [-0.1, -0.05) is 66.7 Å². The molecule has 1 aliphatic carbocycles. The summed E-state index contributed by atoms with van der Waals surface area (Å²) in [5.74, 6) is -0.822. The van der Waals surface area contributed by atoms with Crippen molar-refractivity contribution in [2.45, 2.75) is 71.5 Å². The molecule has 1 saturated carbocycles.